The monoisotopic (exact) mass is 313 g/mol. The number of para-hydroxylation sites is 1. The van der Waals surface area contributed by atoms with Gasteiger partial charge in [-0.3, -0.25) is 10.1 Å². The highest BCUT2D eigenvalue weighted by atomic mass is 32.2. The highest BCUT2D eigenvalue weighted by molar-refractivity contribution is 7.89. The summed E-state index contributed by atoms with van der Waals surface area (Å²) in [7, 11) is -3.98. The Kier molecular flexibility index (Phi) is 3.44. The van der Waals surface area contributed by atoms with Crippen molar-refractivity contribution in [2.24, 2.45) is 0 Å². The van der Waals surface area contributed by atoms with E-state index in [9.17, 15) is 18.5 Å². The van der Waals surface area contributed by atoms with Gasteiger partial charge in [0.15, 0.2) is 10.6 Å². The van der Waals surface area contributed by atoms with Gasteiger partial charge in [-0.25, -0.2) is 8.42 Å². The number of benzene rings is 1. The first-order chi connectivity index (χ1) is 9.97. The molecule has 2 heterocycles. The van der Waals surface area contributed by atoms with E-state index in [4.69, 9.17) is 4.74 Å². The van der Waals surface area contributed by atoms with Gasteiger partial charge >= 0.3 is 0 Å². The molecule has 0 aliphatic carbocycles. The Morgan fingerprint density at radius 3 is 2.67 bits per heavy atom. The molecule has 0 radical (unpaired) electrons. The molecule has 3 rings (SSSR count). The third-order valence-corrected chi connectivity index (χ3v) is 5.76. The molecule has 0 saturated carbocycles. The fourth-order valence-corrected chi connectivity index (χ4v) is 4.53. The van der Waals surface area contributed by atoms with Crippen molar-refractivity contribution >= 4 is 15.7 Å². The zero-order valence-corrected chi connectivity index (χ0v) is 12.0. The van der Waals surface area contributed by atoms with Crippen LogP contribution in [0.5, 0.6) is 0 Å². The SMILES string of the molecule is O=[N+]([O-])c1ccccc1S(=O)(=O)N1CCCOC12CNC2. The minimum absolute atomic E-state index is 0.285. The number of nitrogens with one attached hydrogen (secondary N) is 1. The first-order valence-electron chi connectivity index (χ1n) is 6.58. The van der Waals surface area contributed by atoms with Gasteiger partial charge in [0, 0.05) is 25.7 Å². The molecule has 0 bridgehead atoms. The summed E-state index contributed by atoms with van der Waals surface area (Å²) in [6.45, 7) is 1.58. The van der Waals surface area contributed by atoms with E-state index in [-0.39, 0.29) is 4.90 Å². The van der Waals surface area contributed by atoms with Crippen LogP contribution in [0.15, 0.2) is 29.2 Å². The second-order valence-electron chi connectivity index (χ2n) is 5.05. The number of rotatable bonds is 3. The van der Waals surface area contributed by atoms with Gasteiger partial charge in [-0.15, -0.1) is 0 Å². The van der Waals surface area contributed by atoms with Crippen molar-refractivity contribution in [3.63, 3.8) is 0 Å². The van der Waals surface area contributed by atoms with Crippen LogP contribution >= 0.6 is 0 Å². The largest absolute Gasteiger partial charge is 0.357 e. The molecule has 1 aromatic rings. The molecule has 0 atom stereocenters. The topological polar surface area (TPSA) is 102 Å². The summed E-state index contributed by atoms with van der Waals surface area (Å²) in [6, 6.07) is 5.40. The van der Waals surface area contributed by atoms with Gasteiger partial charge in [-0.2, -0.15) is 4.31 Å². The second kappa shape index (κ2) is 5.02. The molecule has 1 N–H and O–H groups in total. The molecule has 114 valence electrons. The number of nitro benzene ring substituents is 1. The van der Waals surface area contributed by atoms with E-state index in [1.54, 1.807) is 0 Å². The summed E-state index contributed by atoms with van der Waals surface area (Å²) in [5.74, 6) is 0. The van der Waals surface area contributed by atoms with Gasteiger partial charge in [0.1, 0.15) is 0 Å². The molecular weight excluding hydrogens is 298 g/mol. The van der Waals surface area contributed by atoms with Crippen LogP contribution in [0.4, 0.5) is 5.69 Å². The molecule has 2 saturated heterocycles. The number of hydrogen-bond acceptors (Lipinski definition) is 6. The van der Waals surface area contributed by atoms with E-state index in [0.29, 0.717) is 32.7 Å². The van der Waals surface area contributed by atoms with Crippen LogP contribution in [0, 0.1) is 10.1 Å². The molecule has 1 aromatic carbocycles. The average Bonchev–Trinajstić information content (AvgIpc) is 2.45. The number of nitro groups is 1. The Morgan fingerprint density at radius 1 is 1.33 bits per heavy atom. The predicted molar refractivity (Wildman–Crippen MR) is 73.2 cm³/mol. The normalized spacial score (nSPS) is 21.9. The van der Waals surface area contributed by atoms with Gasteiger partial charge in [0.05, 0.1) is 11.5 Å². The summed E-state index contributed by atoms with van der Waals surface area (Å²) in [4.78, 5) is 10.1. The maximum atomic E-state index is 12.8. The van der Waals surface area contributed by atoms with Gasteiger partial charge in [-0.1, -0.05) is 12.1 Å². The van der Waals surface area contributed by atoms with Crippen LogP contribution < -0.4 is 5.32 Å². The van der Waals surface area contributed by atoms with Crippen LogP contribution in [0.3, 0.4) is 0 Å². The van der Waals surface area contributed by atoms with Gasteiger partial charge in [0.25, 0.3) is 15.7 Å². The standard InChI is InChI=1S/C12H15N3O5S/c16-15(17)10-4-1-2-5-11(10)21(18,19)14-6-3-7-20-12(14)8-13-9-12/h1-2,4-5,13H,3,6-9H2. The highest BCUT2D eigenvalue weighted by Gasteiger charge is 2.52. The van der Waals surface area contributed by atoms with Crippen LogP contribution in [0.25, 0.3) is 0 Å². The van der Waals surface area contributed by atoms with Crippen molar-refractivity contribution in [2.45, 2.75) is 17.0 Å². The van der Waals surface area contributed by atoms with Crippen LogP contribution in [0.1, 0.15) is 6.42 Å². The van der Waals surface area contributed by atoms with Crippen LogP contribution in [0.2, 0.25) is 0 Å². The number of nitrogens with zero attached hydrogens (tertiary/aromatic N) is 2. The molecule has 1 spiro atoms. The van der Waals surface area contributed by atoms with Crippen molar-refractivity contribution in [1.29, 1.82) is 0 Å². The number of sulfonamides is 1. The minimum Gasteiger partial charge on any atom is -0.357 e. The van der Waals surface area contributed by atoms with Gasteiger partial charge in [0.2, 0.25) is 0 Å². The van der Waals surface area contributed by atoms with Crippen molar-refractivity contribution in [1.82, 2.24) is 9.62 Å². The summed E-state index contributed by atoms with van der Waals surface area (Å²) >= 11 is 0. The molecule has 2 aliphatic rings. The summed E-state index contributed by atoms with van der Waals surface area (Å²) in [5.41, 5.74) is -1.31. The minimum atomic E-state index is -3.98. The number of hydrogen-bond donors (Lipinski definition) is 1. The Labute approximate surface area is 121 Å². The Morgan fingerprint density at radius 2 is 2.05 bits per heavy atom. The number of ether oxygens (including phenoxy) is 1. The lowest BCUT2D eigenvalue weighted by atomic mass is 10.1. The van der Waals surface area contributed by atoms with Gasteiger partial charge in [-0.05, 0) is 12.5 Å². The molecule has 8 nitrogen and oxygen atoms in total. The average molecular weight is 313 g/mol. The Balaban J connectivity index is 2.06. The molecule has 0 unspecified atom stereocenters. The first kappa shape index (κ1) is 14.4. The summed E-state index contributed by atoms with van der Waals surface area (Å²) < 4.78 is 32.6. The zero-order chi connectivity index (χ0) is 15.1. The molecule has 2 fully saturated rings. The quantitative estimate of drug-likeness (QED) is 0.636. The van der Waals surface area contributed by atoms with Crippen molar-refractivity contribution in [3.05, 3.63) is 34.4 Å². The lowest BCUT2D eigenvalue weighted by Crippen LogP contribution is -2.73. The van der Waals surface area contributed by atoms with Crippen molar-refractivity contribution in [2.75, 3.05) is 26.2 Å². The third-order valence-electron chi connectivity index (χ3n) is 3.76. The van der Waals surface area contributed by atoms with Gasteiger partial charge < -0.3 is 10.1 Å². The fourth-order valence-electron chi connectivity index (χ4n) is 2.65. The summed E-state index contributed by atoms with van der Waals surface area (Å²) in [5, 5.41) is 14.1. The highest BCUT2D eigenvalue weighted by Crippen LogP contribution is 2.35. The lowest BCUT2D eigenvalue weighted by Gasteiger charge is -2.51. The molecular formula is C12H15N3O5S. The van der Waals surface area contributed by atoms with E-state index < -0.39 is 26.4 Å². The van der Waals surface area contributed by atoms with Crippen LogP contribution in [-0.4, -0.2) is 49.6 Å². The van der Waals surface area contributed by atoms with E-state index in [2.05, 4.69) is 5.32 Å². The van der Waals surface area contributed by atoms with E-state index in [1.165, 1.54) is 28.6 Å². The van der Waals surface area contributed by atoms with Crippen molar-refractivity contribution < 1.29 is 18.1 Å². The molecule has 9 heteroatoms. The Bertz CT molecular complexity index is 671. The molecule has 2 aliphatic heterocycles. The first-order valence-corrected chi connectivity index (χ1v) is 8.02. The second-order valence-corrected chi connectivity index (χ2v) is 6.88. The van der Waals surface area contributed by atoms with Crippen LogP contribution in [-0.2, 0) is 14.8 Å². The molecule has 0 aromatic heterocycles. The Hall–Kier alpha value is -1.55. The lowest BCUT2D eigenvalue weighted by molar-refractivity contribution is -0.387. The summed E-state index contributed by atoms with van der Waals surface area (Å²) in [6.07, 6.45) is 0.571. The maximum Gasteiger partial charge on any atom is 0.289 e. The van der Waals surface area contributed by atoms with E-state index in [1.807, 2.05) is 0 Å². The van der Waals surface area contributed by atoms with Crippen molar-refractivity contribution in [3.8, 4) is 0 Å². The van der Waals surface area contributed by atoms with E-state index in [0.717, 1.165) is 0 Å². The smallest absolute Gasteiger partial charge is 0.289 e. The predicted octanol–water partition coefficient (Wildman–Crippen LogP) is 0.305. The zero-order valence-electron chi connectivity index (χ0n) is 11.2. The maximum absolute atomic E-state index is 12.8. The molecule has 21 heavy (non-hydrogen) atoms. The van der Waals surface area contributed by atoms with E-state index >= 15 is 0 Å². The fraction of sp³-hybridized carbons (Fsp3) is 0.500. The third kappa shape index (κ3) is 2.22. The molecule has 0 amide bonds.